The van der Waals surface area contributed by atoms with Gasteiger partial charge < -0.3 is 0 Å². The van der Waals surface area contributed by atoms with Crippen molar-refractivity contribution in [2.75, 3.05) is 0 Å². The van der Waals surface area contributed by atoms with Gasteiger partial charge in [0.1, 0.15) is 11.6 Å². The second-order valence-electron chi connectivity index (χ2n) is 3.31. The van der Waals surface area contributed by atoms with Crippen LogP contribution >= 0.6 is 0 Å². The van der Waals surface area contributed by atoms with Crippen LogP contribution in [0, 0.1) is 18.6 Å². The number of rotatable bonds is 3. The van der Waals surface area contributed by atoms with Gasteiger partial charge in [-0.25, -0.2) is 8.78 Å². The Morgan fingerprint density at radius 1 is 1.15 bits per heavy atom. The summed E-state index contributed by atoms with van der Waals surface area (Å²) in [7, 11) is 0. The zero-order chi connectivity index (χ0) is 9.84. The Hall–Kier alpha value is -0.920. The lowest BCUT2D eigenvalue weighted by atomic mass is 10.1. The van der Waals surface area contributed by atoms with Crippen molar-refractivity contribution in [1.82, 2.24) is 0 Å². The Morgan fingerprint density at radius 3 is 2.15 bits per heavy atom. The van der Waals surface area contributed by atoms with Gasteiger partial charge in [0, 0.05) is 5.56 Å². The minimum atomic E-state index is -0.411. The van der Waals surface area contributed by atoms with Crippen LogP contribution in [0.1, 0.15) is 30.9 Å². The molecule has 0 aliphatic heterocycles. The first-order chi connectivity index (χ1) is 6.15. The van der Waals surface area contributed by atoms with Gasteiger partial charge in [-0.2, -0.15) is 0 Å². The zero-order valence-electron chi connectivity index (χ0n) is 8.03. The second kappa shape index (κ2) is 4.35. The average Bonchev–Trinajstić information content (AvgIpc) is 2.02. The van der Waals surface area contributed by atoms with Crippen molar-refractivity contribution in [2.45, 2.75) is 33.1 Å². The second-order valence-corrected chi connectivity index (χ2v) is 3.31. The molecule has 0 aromatic heterocycles. The van der Waals surface area contributed by atoms with Gasteiger partial charge >= 0.3 is 0 Å². The lowest BCUT2D eigenvalue weighted by molar-refractivity contribution is 0.547. The molecule has 0 atom stereocenters. The first-order valence-electron chi connectivity index (χ1n) is 4.59. The molecule has 2 heteroatoms. The molecule has 0 saturated carbocycles. The van der Waals surface area contributed by atoms with Crippen molar-refractivity contribution < 1.29 is 8.78 Å². The molecular weight excluding hydrogens is 170 g/mol. The molecule has 0 heterocycles. The van der Waals surface area contributed by atoms with Gasteiger partial charge in [-0.1, -0.05) is 13.3 Å². The van der Waals surface area contributed by atoms with E-state index in [1.165, 1.54) is 12.1 Å². The molecule has 0 fully saturated rings. The molecule has 1 aromatic rings. The lowest BCUT2D eigenvalue weighted by Crippen LogP contribution is -1.96. The fraction of sp³-hybridized carbons (Fsp3) is 0.455. The van der Waals surface area contributed by atoms with E-state index < -0.39 is 11.6 Å². The highest BCUT2D eigenvalue weighted by molar-refractivity contribution is 5.25. The largest absolute Gasteiger partial charge is 0.207 e. The van der Waals surface area contributed by atoms with Crippen LogP contribution in [0.5, 0.6) is 0 Å². The first-order valence-corrected chi connectivity index (χ1v) is 4.59. The molecule has 0 unspecified atom stereocenters. The van der Waals surface area contributed by atoms with E-state index in [-0.39, 0.29) is 5.56 Å². The summed E-state index contributed by atoms with van der Waals surface area (Å²) in [4.78, 5) is 0. The third kappa shape index (κ3) is 2.51. The Balaban J connectivity index is 2.92. The quantitative estimate of drug-likeness (QED) is 0.673. The monoisotopic (exact) mass is 184 g/mol. The summed E-state index contributed by atoms with van der Waals surface area (Å²) < 4.78 is 26.4. The van der Waals surface area contributed by atoms with Crippen molar-refractivity contribution in [3.05, 3.63) is 34.9 Å². The van der Waals surface area contributed by atoms with Crippen LogP contribution < -0.4 is 0 Å². The topological polar surface area (TPSA) is 0 Å². The van der Waals surface area contributed by atoms with Gasteiger partial charge in [0.05, 0.1) is 0 Å². The number of aryl methyl sites for hydroxylation is 1. The van der Waals surface area contributed by atoms with Crippen molar-refractivity contribution in [3.63, 3.8) is 0 Å². The maximum atomic E-state index is 13.2. The van der Waals surface area contributed by atoms with E-state index in [2.05, 4.69) is 0 Å². The van der Waals surface area contributed by atoms with Crippen molar-refractivity contribution >= 4 is 0 Å². The summed E-state index contributed by atoms with van der Waals surface area (Å²) in [5, 5.41) is 0. The van der Waals surface area contributed by atoms with Gasteiger partial charge in [0.15, 0.2) is 0 Å². The Bertz CT molecular complexity index is 269. The number of hydrogen-bond donors (Lipinski definition) is 0. The molecule has 0 radical (unpaired) electrons. The molecule has 0 saturated heterocycles. The third-order valence-electron chi connectivity index (χ3n) is 2.07. The van der Waals surface area contributed by atoms with Crippen LogP contribution in [0.4, 0.5) is 8.78 Å². The van der Waals surface area contributed by atoms with Crippen molar-refractivity contribution in [2.24, 2.45) is 0 Å². The Morgan fingerprint density at radius 2 is 1.69 bits per heavy atom. The Labute approximate surface area is 77.6 Å². The normalized spacial score (nSPS) is 10.5. The van der Waals surface area contributed by atoms with Crippen LogP contribution in [0.15, 0.2) is 12.1 Å². The SMILES string of the molecule is CCCCc1c(F)cc(C)cc1F. The van der Waals surface area contributed by atoms with E-state index in [0.29, 0.717) is 12.0 Å². The molecule has 0 amide bonds. The fourth-order valence-electron chi connectivity index (χ4n) is 1.32. The van der Waals surface area contributed by atoms with E-state index in [1.54, 1.807) is 6.92 Å². The highest BCUT2D eigenvalue weighted by atomic mass is 19.1. The molecule has 0 aliphatic carbocycles. The van der Waals surface area contributed by atoms with Gasteiger partial charge in [0.2, 0.25) is 0 Å². The first kappa shape index (κ1) is 10.2. The molecular formula is C11H14F2. The molecule has 72 valence electrons. The van der Waals surface area contributed by atoms with E-state index in [0.717, 1.165) is 12.8 Å². The molecule has 0 aliphatic rings. The molecule has 0 spiro atoms. The molecule has 13 heavy (non-hydrogen) atoms. The van der Waals surface area contributed by atoms with Gasteiger partial charge in [-0.3, -0.25) is 0 Å². The molecule has 0 bridgehead atoms. The Kier molecular flexibility index (Phi) is 3.40. The van der Waals surface area contributed by atoms with E-state index >= 15 is 0 Å². The number of benzene rings is 1. The lowest BCUT2D eigenvalue weighted by Gasteiger charge is -2.04. The van der Waals surface area contributed by atoms with E-state index in [1.807, 2.05) is 6.92 Å². The highest BCUT2D eigenvalue weighted by Crippen LogP contribution is 2.17. The van der Waals surface area contributed by atoms with Crippen molar-refractivity contribution in [1.29, 1.82) is 0 Å². The summed E-state index contributed by atoms with van der Waals surface area (Å²) in [6.07, 6.45) is 2.28. The van der Waals surface area contributed by atoms with Gasteiger partial charge in [-0.15, -0.1) is 0 Å². The maximum Gasteiger partial charge on any atom is 0.129 e. The highest BCUT2D eigenvalue weighted by Gasteiger charge is 2.08. The van der Waals surface area contributed by atoms with Gasteiger partial charge in [-0.05, 0) is 37.5 Å². The van der Waals surface area contributed by atoms with Crippen LogP contribution in [0.2, 0.25) is 0 Å². The standard InChI is InChI=1S/C11H14F2/c1-3-4-5-9-10(12)6-8(2)7-11(9)13/h6-7H,3-5H2,1-2H3. The van der Waals surface area contributed by atoms with Crippen LogP contribution in [0.25, 0.3) is 0 Å². The summed E-state index contributed by atoms with van der Waals surface area (Å²) >= 11 is 0. The fourth-order valence-corrected chi connectivity index (χ4v) is 1.32. The molecule has 1 aromatic carbocycles. The number of hydrogen-bond acceptors (Lipinski definition) is 0. The third-order valence-corrected chi connectivity index (χ3v) is 2.07. The number of halogens is 2. The van der Waals surface area contributed by atoms with Crippen LogP contribution in [0.3, 0.4) is 0 Å². The van der Waals surface area contributed by atoms with Crippen molar-refractivity contribution in [3.8, 4) is 0 Å². The summed E-state index contributed by atoms with van der Waals surface area (Å²) in [5.74, 6) is -0.822. The van der Waals surface area contributed by atoms with E-state index in [4.69, 9.17) is 0 Å². The summed E-state index contributed by atoms with van der Waals surface area (Å²) in [6.45, 7) is 3.69. The van der Waals surface area contributed by atoms with Crippen LogP contribution in [-0.4, -0.2) is 0 Å². The summed E-state index contributed by atoms with van der Waals surface area (Å²) in [5.41, 5.74) is 0.864. The maximum absolute atomic E-state index is 13.2. The van der Waals surface area contributed by atoms with Gasteiger partial charge in [0.25, 0.3) is 0 Å². The minimum absolute atomic E-state index is 0.229. The van der Waals surface area contributed by atoms with E-state index in [9.17, 15) is 8.78 Å². The zero-order valence-corrected chi connectivity index (χ0v) is 8.03. The predicted molar refractivity (Wildman–Crippen MR) is 49.7 cm³/mol. The predicted octanol–water partition coefficient (Wildman–Crippen LogP) is 3.62. The average molecular weight is 184 g/mol. The summed E-state index contributed by atoms with van der Waals surface area (Å²) in [6, 6.07) is 2.77. The molecule has 0 N–H and O–H groups in total. The van der Waals surface area contributed by atoms with Crippen LogP contribution in [-0.2, 0) is 6.42 Å². The smallest absolute Gasteiger partial charge is 0.129 e. The molecule has 1 rings (SSSR count). The molecule has 0 nitrogen and oxygen atoms in total. The minimum Gasteiger partial charge on any atom is -0.207 e. The number of unbranched alkanes of at least 4 members (excludes halogenated alkanes) is 1.